The predicted molar refractivity (Wildman–Crippen MR) is 71.2 cm³/mol. The summed E-state index contributed by atoms with van der Waals surface area (Å²) in [6.07, 6.45) is 0.117. The SMILES string of the molecule is CCC(OCc1ccccc1)C(=O)OC(C)(C)C. The summed E-state index contributed by atoms with van der Waals surface area (Å²) in [6, 6.07) is 9.80. The molecule has 0 aliphatic carbocycles. The molecule has 1 aromatic carbocycles. The van der Waals surface area contributed by atoms with Crippen molar-refractivity contribution in [2.75, 3.05) is 0 Å². The Morgan fingerprint density at radius 2 is 1.83 bits per heavy atom. The minimum Gasteiger partial charge on any atom is -0.458 e. The highest BCUT2D eigenvalue weighted by molar-refractivity contribution is 5.75. The molecule has 0 aliphatic heterocycles. The molecule has 3 heteroatoms. The monoisotopic (exact) mass is 250 g/mol. The summed E-state index contributed by atoms with van der Waals surface area (Å²) in [5.41, 5.74) is 0.583. The quantitative estimate of drug-likeness (QED) is 0.752. The van der Waals surface area contributed by atoms with Crippen molar-refractivity contribution in [1.29, 1.82) is 0 Å². The third-order valence-electron chi connectivity index (χ3n) is 2.33. The molecule has 0 spiro atoms. The van der Waals surface area contributed by atoms with Gasteiger partial charge in [-0.3, -0.25) is 0 Å². The normalized spacial score (nSPS) is 13.1. The maximum absolute atomic E-state index is 11.9. The second-order valence-corrected chi connectivity index (χ2v) is 5.23. The largest absolute Gasteiger partial charge is 0.458 e. The highest BCUT2D eigenvalue weighted by atomic mass is 16.6. The van der Waals surface area contributed by atoms with Gasteiger partial charge in [-0.2, -0.15) is 0 Å². The van der Waals surface area contributed by atoms with E-state index in [4.69, 9.17) is 9.47 Å². The third-order valence-corrected chi connectivity index (χ3v) is 2.33. The van der Waals surface area contributed by atoms with E-state index >= 15 is 0 Å². The van der Waals surface area contributed by atoms with E-state index in [0.29, 0.717) is 13.0 Å². The minimum atomic E-state index is -0.496. The lowest BCUT2D eigenvalue weighted by molar-refractivity contribution is -0.169. The topological polar surface area (TPSA) is 35.5 Å². The summed E-state index contributed by atoms with van der Waals surface area (Å²) in [7, 11) is 0. The molecule has 0 radical (unpaired) electrons. The minimum absolute atomic E-state index is 0.291. The van der Waals surface area contributed by atoms with Crippen molar-refractivity contribution in [1.82, 2.24) is 0 Å². The highest BCUT2D eigenvalue weighted by Gasteiger charge is 2.24. The summed E-state index contributed by atoms with van der Waals surface area (Å²) in [4.78, 5) is 11.9. The molecule has 1 atom stereocenters. The van der Waals surface area contributed by atoms with Gasteiger partial charge in [-0.25, -0.2) is 4.79 Å². The number of hydrogen-bond donors (Lipinski definition) is 0. The van der Waals surface area contributed by atoms with Crippen molar-refractivity contribution < 1.29 is 14.3 Å². The number of hydrogen-bond acceptors (Lipinski definition) is 3. The fourth-order valence-electron chi connectivity index (χ4n) is 1.49. The van der Waals surface area contributed by atoms with E-state index in [9.17, 15) is 4.79 Å². The first-order valence-electron chi connectivity index (χ1n) is 6.31. The Labute approximate surface area is 109 Å². The summed E-state index contributed by atoms with van der Waals surface area (Å²) in [5, 5.41) is 0. The maximum atomic E-state index is 11.9. The average Bonchev–Trinajstić information content (AvgIpc) is 2.29. The first kappa shape index (κ1) is 14.7. The maximum Gasteiger partial charge on any atom is 0.335 e. The van der Waals surface area contributed by atoms with E-state index in [1.54, 1.807) is 0 Å². The smallest absolute Gasteiger partial charge is 0.335 e. The van der Waals surface area contributed by atoms with Crippen LogP contribution in [0.1, 0.15) is 39.7 Å². The molecule has 0 saturated carbocycles. The lowest BCUT2D eigenvalue weighted by Gasteiger charge is -2.23. The number of carbonyl (C=O) groups excluding carboxylic acids is 1. The van der Waals surface area contributed by atoms with Crippen molar-refractivity contribution in [2.24, 2.45) is 0 Å². The van der Waals surface area contributed by atoms with Crippen molar-refractivity contribution >= 4 is 5.97 Å². The Hall–Kier alpha value is -1.35. The molecule has 0 aromatic heterocycles. The van der Waals surface area contributed by atoms with Crippen LogP contribution in [-0.2, 0) is 20.9 Å². The van der Waals surface area contributed by atoms with E-state index in [-0.39, 0.29) is 5.97 Å². The van der Waals surface area contributed by atoms with Crippen molar-refractivity contribution in [3.8, 4) is 0 Å². The number of benzene rings is 1. The Balaban J connectivity index is 2.50. The van der Waals surface area contributed by atoms with Crippen LogP contribution in [0.4, 0.5) is 0 Å². The van der Waals surface area contributed by atoms with Crippen LogP contribution in [0, 0.1) is 0 Å². The van der Waals surface area contributed by atoms with Gasteiger partial charge in [-0.15, -0.1) is 0 Å². The van der Waals surface area contributed by atoms with Crippen LogP contribution in [0.2, 0.25) is 0 Å². The van der Waals surface area contributed by atoms with Crippen LogP contribution < -0.4 is 0 Å². The zero-order chi connectivity index (χ0) is 13.6. The van der Waals surface area contributed by atoms with Crippen LogP contribution in [-0.4, -0.2) is 17.7 Å². The van der Waals surface area contributed by atoms with Gasteiger partial charge < -0.3 is 9.47 Å². The molecular formula is C15H22O3. The molecule has 0 heterocycles. The molecule has 18 heavy (non-hydrogen) atoms. The molecule has 0 bridgehead atoms. The lowest BCUT2D eigenvalue weighted by Crippen LogP contribution is -2.33. The Bertz CT molecular complexity index is 365. The molecule has 0 N–H and O–H groups in total. The van der Waals surface area contributed by atoms with Crippen molar-refractivity contribution in [3.63, 3.8) is 0 Å². The van der Waals surface area contributed by atoms with Crippen LogP contribution in [0.15, 0.2) is 30.3 Å². The molecule has 0 saturated heterocycles. The first-order valence-corrected chi connectivity index (χ1v) is 6.31. The lowest BCUT2D eigenvalue weighted by atomic mass is 10.2. The van der Waals surface area contributed by atoms with E-state index in [1.807, 2.05) is 58.0 Å². The van der Waals surface area contributed by atoms with Crippen molar-refractivity contribution in [3.05, 3.63) is 35.9 Å². The van der Waals surface area contributed by atoms with Gasteiger partial charge in [-0.05, 0) is 32.8 Å². The van der Waals surface area contributed by atoms with E-state index in [2.05, 4.69) is 0 Å². The standard InChI is InChI=1S/C15H22O3/c1-5-13(14(16)18-15(2,3)4)17-11-12-9-7-6-8-10-12/h6-10,13H,5,11H2,1-4H3. The van der Waals surface area contributed by atoms with Crippen molar-refractivity contribution in [2.45, 2.75) is 52.4 Å². The van der Waals surface area contributed by atoms with Gasteiger partial charge in [0.05, 0.1) is 6.61 Å². The number of carbonyl (C=O) groups is 1. The van der Waals surface area contributed by atoms with Crippen LogP contribution in [0.3, 0.4) is 0 Å². The van der Waals surface area contributed by atoms with Gasteiger partial charge in [0, 0.05) is 0 Å². The number of esters is 1. The number of rotatable bonds is 5. The summed E-state index contributed by atoms with van der Waals surface area (Å²) in [5.74, 6) is -0.291. The molecule has 0 amide bonds. The molecule has 1 unspecified atom stereocenters. The Morgan fingerprint density at radius 3 is 2.33 bits per heavy atom. The van der Waals surface area contributed by atoms with Crippen LogP contribution in [0.25, 0.3) is 0 Å². The molecule has 3 nitrogen and oxygen atoms in total. The molecule has 0 aliphatic rings. The van der Waals surface area contributed by atoms with E-state index in [0.717, 1.165) is 5.56 Å². The zero-order valence-corrected chi connectivity index (χ0v) is 11.6. The molecule has 0 fully saturated rings. The molecule has 100 valence electrons. The van der Waals surface area contributed by atoms with Crippen LogP contribution in [0.5, 0.6) is 0 Å². The third kappa shape index (κ3) is 5.32. The highest BCUT2D eigenvalue weighted by Crippen LogP contribution is 2.13. The van der Waals surface area contributed by atoms with Crippen LogP contribution >= 0.6 is 0 Å². The van der Waals surface area contributed by atoms with Gasteiger partial charge in [0.2, 0.25) is 0 Å². The predicted octanol–water partition coefficient (Wildman–Crippen LogP) is 3.32. The summed E-state index contributed by atoms with van der Waals surface area (Å²) < 4.78 is 10.9. The summed E-state index contributed by atoms with van der Waals surface area (Å²) >= 11 is 0. The average molecular weight is 250 g/mol. The number of ether oxygens (including phenoxy) is 2. The molecule has 1 aromatic rings. The van der Waals surface area contributed by atoms with Gasteiger partial charge in [0.25, 0.3) is 0 Å². The Kier molecular flexibility index (Phi) is 5.35. The summed E-state index contributed by atoms with van der Waals surface area (Å²) in [6.45, 7) is 7.91. The fraction of sp³-hybridized carbons (Fsp3) is 0.533. The van der Waals surface area contributed by atoms with E-state index in [1.165, 1.54) is 0 Å². The van der Waals surface area contributed by atoms with E-state index < -0.39 is 11.7 Å². The molecular weight excluding hydrogens is 228 g/mol. The fourth-order valence-corrected chi connectivity index (χ4v) is 1.49. The second kappa shape index (κ2) is 6.55. The van der Waals surface area contributed by atoms with Gasteiger partial charge in [0.15, 0.2) is 6.10 Å². The second-order valence-electron chi connectivity index (χ2n) is 5.23. The van der Waals surface area contributed by atoms with Gasteiger partial charge >= 0.3 is 5.97 Å². The van der Waals surface area contributed by atoms with Gasteiger partial charge in [-0.1, -0.05) is 37.3 Å². The first-order chi connectivity index (χ1) is 8.42. The zero-order valence-electron chi connectivity index (χ0n) is 11.6. The van der Waals surface area contributed by atoms with Gasteiger partial charge in [0.1, 0.15) is 5.60 Å². The Morgan fingerprint density at radius 1 is 1.22 bits per heavy atom. The molecule has 1 rings (SSSR count).